The third-order valence-electron chi connectivity index (χ3n) is 6.34. The van der Waals surface area contributed by atoms with Crippen LogP contribution in [0.25, 0.3) is 0 Å². The molecule has 4 amide bonds. The monoisotopic (exact) mass is 450 g/mol. The van der Waals surface area contributed by atoms with Crippen molar-refractivity contribution in [2.75, 3.05) is 37.0 Å². The summed E-state index contributed by atoms with van der Waals surface area (Å²) in [5.41, 5.74) is 1.76. The molecule has 8 nitrogen and oxygen atoms in total. The van der Waals surface area contributed by atoms with E-state index in [1.54, 1.807) is 14.0 Å². The van der Waals surface area contributed by atoms with E-state index in [2.05, 4.69) is 15.5 Å². The number of aryl methyl sites for hydroxylation is 1. The molecule has 174 valence electrons. The van der Waals surface area contributed by atoms with Gasteiger partial charge in [-0.1, -0.05) is 12.1 Å². The van der Waals surface area contributed by atoms with Crippen molar-refractivity contribution in [1.29, 1.82) is 0 Å². The van der Waals surface area contributed by atoms with E-state index in [9.17, 15) is 14.4 Å². The Morgan fingerprint density at radius 1 is 1.06 bits per heavy atom. The lowest BCUT2D eigenvalue weighted by atomic mass is 9.93. The van der Waals surface area contributed by atoms with E-state index in [1.807, 2.05) is 48.5 Å². The quantitative estimate of drug-likeness (QED) is 0.603. The van der Waals surface area contributed by atoms with Crippen molar-refractivity contribution in [2.45, 2.75) is 38.1 Å². The number of hydrogen-bond acceptors (Lipinski definition) is 5. The van der Waals surface area contributed by atoms with Gasteiger partial charge in [-0.15, -0.1) is 0 Å². The molecule has 8 heteroatoms. The van der Waals surface area contributed by atoms with E-state index < -0.39 is 17.5 Å². The SMILES string of the molecule is COc1ccc(CC[C@]2(C)NC(=O)N(CC(=O)Nc3ccc(N4CCCC4)cc3)C2=O)cc1. The maximum atomic E-state index is 13.0. The number of nitrogens with one attached hydrogen (secondary N) is 2. The number of urea groups is 1. The number of carbonyl (C=O) groups is 3. The molecule has 33 heavy (non-hydrogen) atoms. The summed E-state index contributed by atoms with van der Waals surface area (Å²) in [5.74, 6) is -0.0366. The van der Waals surface area contributed by atoms with Gasteiger partial charge in [-0.05, 0) is 74.6 Å². The van der Waals surface area contributed by atoms with Crippen molar-refractivity contribution in [1.82, 2.24) is 10.2 Å². The highest BCUT2D eigenvalue weighted by Crippen LogP contribution is 2.25. The predicted molar refractivity (Wildman–Crippen MR) is 126 cm³/mol. The zero-order chi connectivity index (χ0) is 23.4. The molecule has 4 rings (SSSR count). The van der Waals surface area contributed by atoms with Gasteiger partial charge in [0.15, 0.2) is 0 Å². The number of benzene rings is 2. The number of amides is 4. The molecule has 2 aromatic carbocycles. The van der Waals surface area contributed by atoms with Crippen molar-refractivity contribution in [2.24, 2.45) is 0 Å². The predicted octanol–water partition coefficient (Wildman–Crippen LogP) is 3.18. The van der Waals surface area contributed by atoms with Gasteiger partial charge in [-0.2, -0.15) is 0 Å². The van der Waals surface area contributed by atoms with Crippen molar-refractivity contribution in [3.05, 3.63) is 54.1 Å². The van der Waals surface area contributed by atoms with Crippen LogP contribution >= 0.6 is 0 Å². The average molecular weight is 451 g/mol. The van der Waals surface area contributed by atoms with Gasteiger partial charge in [-0.3, -0.25) is 14.5 Å². The zero-order valence-corrected chi connectivity index (χ0v) is 19.1. The fourth-order valence-electron chi connectivity index (χ4n) is 4.32. The summed E-state index contributed by atoms with van der Waals surface area (Å²) in [5, 5.41) is 5.54. The second kappa shape index (κ2) is 9.52. The molecular weight excluding hydrogens is 420 g/mol. The molecule has 0 radical (unpaired) electrons. The number of hydrogen-bond donors (Lipinski definition) is 2. The van der Waals surface area contributed by atoms with Crippen molar-refractivity contribution >= 4 is 29.2 Å². The van der Waals surface area contributed by atoms with Crippen LogP contribution in [0, 0.1) is 0 Å². The summed E-state index contributed by atoms with van der Waals surface area (Å²) in [7, 11) is 1.61. The molecule has 2 N–H and O–H groups in total. The molecule has 2 saturated heterocycles. The Bertz CT molecular complexity index is 1020. The van der Waals surface area contributed by atoms with Gasteiger partial charge < -0.3 is 20.3 Å². The highest BCUT2D eigenvalue weighted by molar-refractivity contribution is 6.09. The lowest BCUT2D eigenvalue weighted by Gasteiger charge is -2.21. The Balaban J connectivity index is 1.32. The summed E-state index contributed by atoms with van der Waals surface area (Å²) in [6, 6.07) is 14.7. The minimum absolute atomic E-state index is 0.323. The van der Waals surface area contributed by atoms with Gasteiger partial charge in [0.1, 0.15) is 17.8 Å². The van der Waals surface area contributed by atoms with Crippen LogP contribution in [0.3, 0.4) is 0 Å². The summed E-state index contributed by atoms with van der Waals surface area (Å²) in [4.78, 5) is 41.3. The Labute approximate surface area is 193 Å². The maximum Gasteiger partial charge on any atom is 0.325 e. The first-order valence-corrected chi connectivity index (χ1v) is 11.3. The van der Waals surface area contributed by atoms with Crippen LogP contribution in [0.5, 0.6) is 5.75 Å². The smallest absolute Gasteiger partial charge is 0.325 e. The van der Waals surface area contributed by atoms with E-state index in [0.29, 0.717) is 18.5 Å². The lowest BCUT2D eigenvalue weighted by Crippen LogP contribution is -2.45. The number of imide groups is 1. The number of carbonyl (C=O) groups excluding carboxylic acids is 3. The first kappa shape index (κ1) is 22.6. The van der Waals surface area contributed by atoms with Crippen LogP contribution in [0.15, 0.2) is 48.5 Å². The average Bonchev–Trinajstić information content (AvgIpc) is 3.42. The summed E-state index contributed by atoms with van der Waals surface area (Å²) < 4.78 is 5.16. The molecule has 2 aliphatic heterocycles. The van der Waals surface area contributed by atoms with E-state index >= 15 is 0 Å². The Kier molecular flexibility index (Phi) is 6.53. The summed E-state index contributed by atoms with van der Waals surface area (Å²) in [6.45, 7) is 3.48. The van der Waals surface area contributed by atoms with E-state index in [-0.39, 0.29) is 12.5 Å². The van der Waals surface area contributed by atoms with E-state index in [4.69, 9.17) is 4.74 Å². The van der Waals surface area contributed by atoms with Gasteiger partial charge in [0.25, 0.3) is 5.91 Å². The van der Waals surface area contributed by atoms with Crippen molar-refractivity contribution in [3.8, 4) is 5.75 Å². The van der Waals surface area contributed by atoms with Gasteiger partial charge in [0.05, 0.1) is 7.11 Å². The van der Waals surface area contributed by atoms with E-state index in [0.717, 1.165) is 35.0 Å². The van der Waals surface area contributed by atoms with Gasteiger partial charge >= 0.3 is 6.03 Å². The van der Waals surface area contributed by atoms with Crippen LogP contribution in [-0.2, 0) is 16.0 Å². The first-order chi connectivity index (χ1) is 15.9. The highest BCUT2D eigenvalue weighted by Gasteiger charge is 2.47. The largest absolute Gasteiger partial charge is 0.497 e. The van der Waals surface area contributed by atoms with Gasteiger partial charge in [0.2, 0.25) is 5.91 Å². The third kappa shape index (κ3) is 5.10. The molecular formula is C25H30N4O4. The fraction of sp³-hybridized carbons (Fsp3) is 0.400. The molecule has 2 heterocycles. The van der Waals surface area contributed by atoms with E-state index in [1.165, 1.54) is 12.8 Å². The number of rotatable bonds is 8. The Morgan fingerprint density at radius 3 is 2.36 bits per heavy atom. The van der Waals surface area contributed by atoms with Gasteiger partial charge in [-0.25, -0.2) is 4.79 Å². The standard InChI is InChI=1S/C25H30N4O4/c1-25(14-13-18-5-11-21(33-2)12-6-18)23(31)29(24(32)27-25)17-22(30)26-19-7-9-20(10-8-19)28-15-3-4-16-28/h5-12H,3-4,13-17H2,1-2H3,(H,26,30)(H,27,32)/t25-/m0/s1. The molecule has 1 atom stereocenters. The van der Waals surface area contributed by atoms with Gasteiger partial charge in [0, 0.05) is 24.5 Å². The molecule has 2 fully saturated rings. The van der Waals surface area contributed by atoms with Crippen molar-refractivity contribution in [3.63, 3.8) is 0 Å². The van der Waals surface area contributed by atoms with Crippen LogP contribution in [0.1, 0.15) is 31.7 Å². The Morgan fingerprint density at radius 2 is 1.73 bits per heavy atom. The van der Waals surface area contributed by atoms with Crippen LogP contribution < -0.4 is 20.3 Å². The normalized spacial score (nSPS) is 20.2. The number of ether oxygens (including phenoxy) is 1. The topological polar surface area (TPSA) is 91.0 Å². The summed E-state index contributed by atoms with van der Waals surface area (Å²) in [6.07, 6.45) is 3.43. The zero-order valence-electron chi connectivity index (χ0n) is 19.1. The minimum atomic E-state index is -1.05. The molecule has 0 bridgehead atoms. The third-order valence-corrected chi connectivity index (χ3v) is 6.34. The van der Waals surface area contributed by atoms with Crippen LogP contribution in [0.2, 0.25) is 0 Å². The molecule has 0 unspecified atom stereocenters. The molecule has 0 saturated carbocycles. The lowest BCUT2D eigenvalue weighted by molar-refractivity contribution is -0.133. The highest BCUT2D eigenvalue weighted by atomic mass is 16.5. The van der Waals surface area contributed by atoms with Crippen LogP contribution in [-0.4, -0.2) is 55.0 Å². The molecule has 2 aromatic rings. The van der Waals surface area contributed by atoms with Crippen LogP contribution in [0.4, 0.5) is 16.2 Å². The second-order valence-corrected chi connectivity index (χ2v) is 8.79. The van der Waals surface area contributed by atoms with Crippen molar-refractivity contribution < 1.29 is 19.1 Å². The molecule has 0 aliphatic carbocycles. The minimum Gasteiger partial charge on any atom is -0.497 e. The Hall–Kier alpha value is -3.55. The molecule has 2 aliphatic rings. The summed E-state index contributed by atoms with van der Waals surface area (Å²) >= 11 is 0. The molecule has 0 spiro atoms. The maximum absolute atomic E-state index is 13.0. The number of methoxy groups -OCH3 is 1. The number of anilines is 2. The number of nitrogens with zero attached hydrogens (tertiary/aromatic N) is 2. The fourth-order valence-corrected chi connectivity index (χ4v) is 4.32. The molecule has 0 aromatic heterocycles. The first-order valence-electron chi connectivity index (χ1n) is 11.3. The second-order valence-electron chi connectivity index (χ2n) is 8.79.